The molecular formula is C20H23FO4. The predicted octanol–water partition coefficient (Wildman–Crippen LogP) is 4.15. The highest BCUT2D eigenvalue weighted by Crippen LogP contribution is 2.17. The number of esters is 1. The molecule has 0 heterocycles. The van der Waals surface area contributed by atoms with Gasteiger partial charge in [0, 0.05) is 6.42 Å². The van der Waals surface area contributed by atoms with Gasteiger partial charge in [0.05, 0.1) is 25.4 Å². The second-order valence-corrected chi connectivity index (χ2v) is 5.75. The van der Waals surface area contributed by atoms with Crippen molar-refractivity contribution in [3.8, 4) is 0 Å². The van der Waals surface area contributed by atoms with E-state index in [9.17, 15) is 9.18 Å². The first kappa shape index (κ1) is 19.1. The minimum atomic E-state index is -1.31. The highest BCUT2D eigenvalue weighted by atomic mass is 19.1. The lowest BCUT2D eigenvalue weighted by atomic mass is 10.2. The van der Waals surface area contributed by atoms with Crippen LogP contribution in [0.3, 0.4) is 0 Å². The molecule has 0 aliphatic rings. The molecule has 4 nitrogen and oxygen atoms in total. The van der Waals surface area contributed by atoms with Crippen LogP contribution < -0.4 is 0 Å². The number of hydrogen-bond acceptors (Lipinski definition) is 4. The van der Waals surface area contributed by atoms with Crippen LogP contribution in [0.1, 0.15) is 29.3 Å². The van der Waals surface area contributed by atoms with E-state index in [4.69, 9.17) is 14.2 Å². The topological polar surface area (TPSA) is 44.8 Å². The molecule has 1 unspecified atom stereocenters. The molecule has 0 aliphatic heterocycles. The zero-order chi connectivity index (χ0) is 18.0. The van der Waals surface area contributed by atoms with Gasteiger partial charge < -0.3 is 14.2 Å². The number of alkyl halides is 1. The van der Waals surface area contributed by atoms with Crippen molar-refractivity contribution >= 4 is 5.97 Å². The summed E-state index contributed by atoms with van der Waals surface area (Å²) in [5.74, 6) is -1.69. The minimum absolute atomic E-state index is 0.203. The van der Waals surface area contributed by atoms with E-state index in [0.29, 0.717) is 12.0 Å². The third-order valence-corrected chi connectivity index (χ3v) is 3.57. The molecule has 0 fully saturated rings. The summed E-state index contributed by atoms with van der Waals surface area (Å²) >= 11 is 0. The predicted molar refractivity (Wildman–Crippen MR) is 92.9 cm³/mol. The molecule has 5 heteroatoms. The van der Waals surface area contributed by atoms with Crippen molar-refractivity contribution < 1.29 is 23.4 Å². The van der Waals surface area contributed by atoms with Crippen LogP contribution in [0.25, 0.3) is 0 Å². The van der Waals surface area contributed by atoms with Crippen molar-refractivity contribution in [3.05, 3.63) is 71.8 Å². The van der Waals surface area contributed by atoms with Crippen LogP contribution in [0.4, 0.5) is 4.39 Å². The van der Waals surface area contributed by atoms with Gasteiger partial charge in [0.1, 0.15) is 6.67 Å². The highest BCUT2D eigenvalue weighted by Gasteiger charge is 2.26. The monoisotopic (exact) mass is 346 g/mol. The fourth-order valence-corrected chi connectivity index (χ4v) is 2.10. The van der Waals surface area contributed by atoms with Crippen molar-refractivity contribution in [1.82, 2.24) is 0 Å². The van der Waals surface area contributed by atoms with Gasteiger partial charge in [0.15, 0.2) is 5.79 Å². The van der Waals surface area contributed by atoms with E-state index in [-0.39, 0.29) is 25.8 Å². The van der Waals surface area contributed by atoms with E-state index in [1.165, 1.54) is 0 Å². The molecule has 0 saturated carbocycles. The number of carbonyl (C=O) groups is 1. The third kappa shape index (κ3) is 6.64. The van der Waals surface area contributed by atoms with Gasteiger partial charge in [-0.3, -0.25) is 0 Å². The largest absolute Gasteiger partial charge is 0.462 e. The maximum atomic E-state index is 13.3. The zero-order valence-electron chi connectivity index (χ0n) is 14.3. The van der Waals surface area contributed by atoms with Crippen LogP contribution in [-0.2, 0) is 20.8 Å². The SMILES string of the molecule is CC(CF)(OCCCOC(=O)c1ccccc1)OCc1ccccc1. The fourth-order valence-electron chi connectivity index (χ4n) is 2.10. The second kappa shape index (κ2) is 9.91. The Morgan fingerprint density at radius 1 is 0.960 bits per heavy atom. The summed E-state index contributed by atoms with van der Waals surface area (Å²) in [5, 5.41) is 0. The van der Waals surface area contributed by atoms with Crippen LogP contribution in [0.2, 0.25) is 0 Å². The molecule has 2 aromatic rings. The minimum Gasteiger partial charge on any atom is -0.462 e. The first-order chi connectivity index (χ1) is 12.1. The zero-order valence-corrected chi connectivity index (χ0v) is 14.3. The Bertz CT molecular complexity index is 633. The molecule has 0 N–H and O–H groups in total. The lowest BCUT2D eigenvalue weighted by Gasteiger charge is -2.27. The average molecular weight is 346 g/mol. The summed E-state index contributed by atoms with van der Waals surface area (Å²) in [6.45, 7) is 1.51. The van der Waals surface area contributed by atoms with E-state index in [0.717, 1.165) is 5.56 Å². The molecular weight excluding hydrogens is 323 g/mol. The van der Waals surface area contributed by atoms with E-state index < -0.39 is 12.5 Å². The number of rotatable bonds is 10. The van der Waals surface area contributed by atoms with Crippen LogP contribution >= 0.6 is 0 Å². The fraction of sp³-hybridized carbons (Fsp3) is 0.350. The summed E-state index contributed by atoms with van der Waals surface area (Å²) in [5.41, 5.74) is 1.45. The average Bonchev–Trinajstić information content (AvgIpc) is 2.67. The van der Waals surface area contributed by atoms with Gasteiger partial charge in [-0.25, -0.2) is 9.18 Å². The molecule has 0 saturated heterocycles. The van der Waals surface area contributed by atoms with Gasteiger partial charge in [-0.05, 0) is 24.6 Å². The Hall–Kier alpha value is -2.24. The van der Waals surface area contributed by atoms with Crippen molar-refractivity contribution in [1.29, 1.82) is 0 Å². The van der Waals surface area contributed by atoms with E-state index >= 15 is 0 Å². The number of hydrogen-bond donors (Lipinski definition) is 0. The summed E-state index contributed by atoms with van der Waals surface area (Å²) in [6.07, 6.45) is 0.461. The Kier molecular flexibility index (Phi) is 7.57. The van der Waals surface area contributed by atoms with E-state index in [1.807, 2.05) is 36.4 Å². The Labute approximate surface area is 147 Å². The first-order valence-corrected chi connectivity index (χ1v) is 8.23. The maximum Gasteiger partial charge on any atom is 0.338 e. The van der Waals surface area contributed by atoms with Crippen LogP contribution in [0.15, 0.2) is 60.7 Å². The Balaban J connectivity index is 1.67. The summed E-state index contributed by atoms with van der Waals surface area (Å²) < 4.78 is 29.5. The number of ether oxygens (including phenoxy) is 3. The number of benzene rings is 2. The van der Waals surface area contributed by atoms with Gasteiger partial charge in [-0.15, -0.1) is 0 Å². The summed E-state index contributed by atoms with van der Waals surface area (Å²) in [4.78, 5) is 11.8. The number of carbonyl (C=O) groups excluding carboxylic acids is 1. The van der Waals surface area contributed by atoms with Crippen molar-refractivity contribution in [3.63, 3.8) is 0 Å². The van der Waals surface area contributed by atoms with Crippen LogP contribution in [-0.4, -0.2) is 31.6 Å². The molecule has 0 aliphatic carbocycles. The molecule has 0 radical (unpaired) electrons. The summed E-state index contributed by atoms with van der Waals surface area (Å²) in [6, 6.07) is 18.3. The Morgan fingerprint density at radius 2 is 1.60 bits per heavy atom. The van der Waals surface area contributed by atoms with Gasteiger partial charge in [0.2, 0.25) is 0 Å². The van der Waals surface area contributed by atoms with Crippen LogP contribution in [0.5, 0.6) is 0 Å². The lowest BCUT2D eigenvalue weighted by molar-refractivity contribution is -0.240. The van der Waals surface area contributed by atoms with Crippen LogP contribution in [0, 0.1) is 0 Å². The van der Waals surface area contributed by atoms with Gasteiger partial charge in [0.25, 0.3) is 0 Å². The molecule has 134 valence electrons. The third-order valence-electron chi connectivity index (χ3n) is 3.57. The smallest absolute Gasteiger partial charge is 0.338 e. The summed E-state index contributed by atoms with van der Waals surface area (Å²) in [7, 11) is 0. The normalized spacial score (nSPS) is 13.2. The molecule has 0 aromatic heterocycles. The van der Waals surface area contributed by atoms with E-state index in [2.05, 4.69) is 0 Å². The standard InChI is InChI=1S/C20H23FO4/c1-20(16-21,25-15-17-9-4-2-5-10-17)24-14-8-13-23-19(22)18-11-6-3-7-12-18/h2-7,9-12H,8,13-16H2,1H3. The van der Waals surface area contributed by atoms with E-state index in [1.54, 1.807) is 31.2 Å². The molecule has 0 bridgehead atoms. The Morgan fingerprint density at radius 3 is 2.24 bits per heavy atom. The molecule has 0 spiro atoms. The van der Waals surface area contributed by atoms with Crippen molar-refractivity contribution in [2.75, 3.05) is 19.9 Å². The van der Waals surface area contributed by atoms with Crippen molar-refractivity contribution in [2.24, 2.45) is 0 Å². The molecule has 0 amide bonds. The van der Waals surface area contributed by atoms with Crippen molar-refractivity contribution in [2.45, 2.75) is 25.7 Å². The number of halogens is 1. The molecule has 1 atom stereocenters. The molecule has 2 aromatic carbocycles. The van der Waals surface area contributed by atoms with Gasteiger partial charge >= 0.3 is 5.97 Å². The second-order valence-electron chi connectivity index (χ2n) is 5.75. The quantitative estimate of drug-likeness (QED) is 0.368. The van der Waals surface area contributed by atoms with Gasteiger partial charge in [-0.2, -0.15) is 0 Å². The van der Waals surface area contributed by atoms with Gasteiger partial charge in [-0.1, -0.05) is 48.5 Å². The molecule has 25 heavy (non-hydrogen) atoms. The lowest BCUT2D eigenvalue weighted by Crippen LogP contribution is -2.35. The maximum absolute atomic E-state index is 13.3. The first-order valence-electron chi connectivity index (χ1n) is 8.23. The molecule has 2 rings (SSSR count). The highest BCUT2D eigenvalue weighted by molar-refractivity contribution is 5.89.